The molecule has 0 aliphatic heterocycles. The molecule has 1 aliphatic carbocycles. The van der Waals surface area contributed by atoms with Gasteiger partial charge in [-0.2, -0.15) is 4.37 Å². The van der Waals surface area contributed by atoms with Crippen LogP contribution in [0, 0.1) is 11.8 Å². The molecule has 2 rings (SSSR count). The molecular formula is C12H21N3OS. The third-order valence-electron chi connectivity index (χ3n) is 3.60. The van der Waals surface area contributed by atoms with Crippen molar-refractivity contribution in [2.75, 3.05) is 18.5 Å². The van der Waals surface area contributed by atoms with Gasteiger partial charge in [0.15, 0.2) is 0 Å². The molecule has 2 N–H and O–H groups in total. The zero-order valence-electron chi connectivity index (χ0n) is 10.4. The van der Waals surface area contributed by atoms with E-state index in [2.05, 4.69) is 21.6 Å². The molecule has 0 aromatic carbocycles. The highest BCUT2D eigenvalue weighted by Crippen LogP contribution is 2.30. The molecule has 2 unspecified atom stereocenters. The Morgan fingerprint density at radius 1 is 1.35 bits per heavy atom. The van der Waals surface area contributed by atoms with Gasteiger partial charge in [0.25, 0.3) is 0 Å². The number of nitrogens with one attached hydrogen (secondary N) is 1. The molecule has 1 fully saturated rings. The number of hydrogen-bond acceptors (Lipinski definition) is 5. The Morgan fingerprint density at radius 3 is 2.76 bits per heavy atom. The summed E-state index contributed by atoms with van der Waals surface area (Å²) in [5.74, 6) is 1.97. The van der Waals surface area contributed by atoms with Crippen LogP contribution in [0.5, 0.6) is 0 Å². The quantitative estimate of drug-likeness (QED) is 0.847. The Labute approximate surface area is 107 Å². The van der Waals surface area contributed by atoms with E-state index in [1.54, 1.807) is 0 Å². The van der Waals surface area contributed by atoms with Gasteiger partial charge in [0.2, 0.25) is 5.13 Å². The molecular weight excluding hydrogens is 234 g/mol. The second-order valence-corrected chi connectivity index (χ2v) is 5.49. The Balaban J connectivity index is 1.83. The van der Waals surface area contributed by atoms with E-state index in [-0.39, 0.29) is 0 Å². The van der Waals surface area contributed by atoms with Crippen molar-refractivity contribution >= 4 is 16.7 Å². The van der Waals surface area contributed by atoms with Crippen LogP contribution in [-0.4, -0.2) is 27.6 Å². The maximum absolute atomic E-state index is 9.35. The van der Waals surface area contributed by atoms with Crippen molar-refractivity contribution in [3.8, 4) is 0 Å². The fourth-order valence-electron chi connectivity index (χ4n) is 2.48. The smallest absolute Gasteiger partial charge is 0.202 e. The van der Waals surface area contributed by atoms with Gasteiger partial charge in [0.1, 0.15) is 5.82 Å². The topological polar surface area (TPSA) is 58.0 Å². The molecule has 96 valence electrons. The van der Waals surface area contributed by atoms with Crippen LogP contribution in [0.4, 0.5) is 5.13 Å². The molecule has 17 heavy (non-hydrogen) atoms. The molecule has 5 heteroatoms. The van der Waals surface area contributed by atoms with Crippen molar-refractivity contribution in [1.82, 2.24) is 9.36 Å². The van der Waals surface area contributed by atoms with Crippen LogP contribution in [0.3, 0.4) is 0 Å². The van der Waals surface area contributed by atoms with E-state index in [4.69, 9.17) is 0 Å². The predicted octanol–water partition coefficient (Wildman–Crippen LogP) is 2.31. The van der Waals surface area contributed by atoms with Crippen molar-refractivity contribution < 1.29 is 5.11 Å². The van der Waals surface area contributed by atoms with Gasteiger partial charge >= 0.3 is 0 Å². The summed E-state index contributed by atoms with van der Waals surface area (Å²) < 4.78 is 4.26. The summed E-state index contributed by atoms with van der Waals surface area (Å²) in [6.07, 6.45) is 5.83. The van der Waals surface area contributed by atoms with E-state index in [0.29, 0.717) is 18.4 Å². The van der Waals surface area contributed by atoms with Crippen LogP contribution in [-0.2, 0) is 6.42 Å². The lowest BCUT2D eigenvalue weighted by atomic mass is 9.80. The fraction of sp³-hybridized carbons (Fsp3) is 0.833. The number of nitrogens with zero attached hydrogens (tertiary/aromatic N) is 2. The van der Waals surface area contributed by atoms with Crippen LogP contribution in [0.25, 0.3) is 0 Å². The first kappa shape index (κ1) is 12.8. The Morgan fingerprint density at radius 2 is 2.12 bits per heavy atom. The summed E-state index contributed by atoms with van der Waals surface area (Å²) in [6, 6.07) is 0. The van der Waals surface area contributed by atoms with E-state index >= 15 is 0 Å². The number of aliphatic hydroxyl groups is 1. The first-order valence-electron chi connectivity index (χ1n) is 6.50. The lowest BCUT2D eigenvalue weighted by Gasteiger charge is -2.30. The largest absolute Gasteiger partial charge is 0.396 e. The van der Waals surface area contributed by atoms with Crippen LogP contribution < -0.4 is 5.32 Å². The minimum Gasteiger partial charge on any atom is -0.396 e. The van der Waals surface area contributed by atoms with Gasteiger partial charge in [-0.3, -0.25) is 0 Å². The summed E-state index contributed by atoms with van der Waals surface area (Å²) in [7, 11) is 0. The van der Waals surface area contributed by atoms with Crippen LogP contribution in [0.1, 0.15) is 38.4 Å². The Bertz CT molecular complexity index is 342. The molecule has 2 atom stereocenters. The lowest BCUT2D eigenvalue weighted by Crippen LogP contribution is -2.28. The molecule has 1 aromatic rings. The molecule has 0 spiro atoms. The van der Waals surface area contributed by atoms with Gasteiger partial charge in [-0.1, -0.05) is 19.8 Å². The number of aliphatic hydroxyl groups excluding tert-OH is 1. The van der Waals surface area contributed by atoms with Gasteiger partial charge in [0, 0.05) is 31.1 Å². The summed E-state index contributed by atoms with van der Waals surface area (Å²) >= 11 is 1.44. The Hall–Kier alpha value is -0.680. The van der Waals surface area contributed by atoms with E-state index in [0.717, 1.165) is 23.9 Å². The highest BCUT2D eigenvalue weighted by molar-refractivity contribution is 7.09. The van der Waals surface area contributed by atoms with Gasteiger partial charge in [-0.15, -0.1) is 0 Å². The van der Waals surface area contributed by atoms with Crippen LogP contribution >= 0.6 is 11.5 Å². The fourth-order valence-corrected chi connectivity index (χ4v) is 3.14. The number of rotatable bonds is 5. The first-order valence-corrected chi connectivity index (χ1v) is 7.28. The molecule has 0 saturated heterocycles. The van der Waals surface area contributed by atoms with Gasteiger partial charge in [-0.25, -0.2) is 4.98 Å². The molecule has 1 saturated carbocycles. The predicted molar refractivity (Wildman–Crippen MR) is 70.3 cm³/mol. The average Bonchev–Trinajstić information content (AvgIpc) is 2.84. The standard InChI is InChI=1S/C12H21N3OS/c1-2-11-14-12(17-15-11)13-7-9-5-3-4-6-10(9)8-16/h9-10,16H,2-8H2,1H3,(H,13,14,15). The Kier molecular flexibility index (Phi) is 4.74. The van der Waals surface area contributed by atoms with Crippen molar-refractivity contribution in [1.29, 1.82) is 0 Å². The molecule has 1 heterocycles. The zero-order chi connectivity index (χ0) is 12.1. The van der Waals surface area contributed by atoms with Crippen molar-refractivity contribution in [2.24, 2.45) is 11.8 Å². The maximum atomic E-state index is 9.35. The molecule has 1 aromatic heterocycles. The monoisotopic (exact) mass is 255 g/mol. The molecule has 0 radical (unpaired) electrons. The van der Waals surface area contributed by atoms with Crippen molar-refractivity contribution in [3.05, 3.63) is 5.82 Å². The minimum atomic E-state index is 0.322. The normalized spacial score (nSPS) is 24.8. The van der Waals surface area contributed by atoms with Crippen LogP contribution in [0.2, 0.25) is 0 Å². The SMILES string of the molecule is CCc1nsc(NCC2CCCCC2CO)n1. The van der Waals surface area contributed by atoms with Gasteiger partial charge < -0.3 is 10.4 Å². The van der Waals surface area contributed by atoms with Gasteiger partial charge in [0.05, 0.1) is 0 Å². The second kappa shape index (κ2) is 6.31. The van der Waals surface area contributed by atoms with E-state index in [1.165, 1.54) is 37.2 Å². The third kappa shape index (κ3) is 3.39. The first-order chi connectivity index (χ1) is 8.33. The molecule has 0 bridgehead atoms. The van der Waals surface area contributed by atoms with E-state index in [9.17, 15) is 5.11 Å². The lowest BCUT2D eigenvalue weighted by molar-refractivity contribution is 0.141. The third-order valence-corrected chi connectivity index (χ3v) is 4.31. The average molecular weight is 255 g/mol. The second-order valence-electron chi connectivity index (χ2n) is 4.74. The number of hydrogen-bond donors (Lipinski definition) is 2. The highest BCUT2D eigenvalue weighted by Gasteiger charge is 2.24. The molecule has 4 nitrogen and oxygen atoms in total. The van der Waals surface area contributed by atoms with E-state index in [1.807, 2.05) is 0 Å². The highest BCUT2D eigenvalue weighted by atomic mass is 32.1. The molecule has 1 aliphatic rings. The summed E-state index contributed by atoms with van der Waals surface area (Å²) in [5, 5.41) is 13.6. The van der Waals surface area contributed by atoms with Crippen molar-refractivity contribution in [3.63, 3.8) is 0 Å². The molecule has 0 amide bonds. The number of anilines is 1. The van der Waals surface area contributed by atoms with Crippen molar-refractivity contribution in [2.45, 2.75) is 39.0 Å². The minimum absolute atomic E-state index is 0.322. The zero-order valence-corrected chi connectivity index (χ0v) is 11.2. The summed E-state index contributed by atoms with van der Waals surface area (Å²) in [5.41, 5.74) is 0. The van der Waals surface area contributed by atoms with E-state index < -0.39 is 0 Å². The number of aromatic nitrogens is 2. The summed E-state index contributed by atoms with van der Waals surface area (Å²) in [4.78, 5) is 4.40. The maximum Gasteiger partial charge on any atom is 0.202 e. The van der Waals surface area contributed by atoms with Gasteiger partial charge in [-0.05, 0) is 24.7 Å². The number of aryl methyl sites for hydroxylation is 1. The summed E-state index contributed by atoms with van der Waals surface area (Å²) in [6.45, 7) is 3.31. The van der Waals surface area contributed by atoms with Crippen LogP contribution in [0.15, 0.2) is 0 Å².